The number of likely N-dealkylation sites (tertiary alicyclic amines) is 1. The minimum atomic E-state index is -1.06. The first-order chi connectivity index (χ1) is 12.8. The van der Waals surface area contributed by atoms with Crippen LogP contribution in [0.15, 0.2) is 24.4 Å². The highest BCUT2D eigenvalue weighted by molar-refractivity contribution is 5.95. The summed E-state index contributed by atoms with van der Waals surface area (Å²) in [5, 5.41) is 11.0. The van der Waals surface area contributed by atoms with Gasteiger partial charge in [0.15, 0.2) is 0 Å². The Morgan fingerprint density at radius 2 is 2.04 bits per heavy atom. The van der Waals surface area contributed by atoms with Crippen LogP contribution in [0.25, 0.3) is 0 Å². The largest absolute Gasteiger partial charge is 0.491 e. The lowest BCUT2D eigenvalue weighted by Crippen LogP contribution is -2.53. The van der Waals surface area contributed by atoms with Crippen LogP contribution in [0.5, 0.6) is 5.75 Å². The molecule has 27 heavy (non-hydrogen) atoms. The van der Waals surface area contributed by atoms with Gasteiger partial charge in [-0.25, -0.2) is 9.97 Å². The molecule has 1 amide bonds. The van der Waals surface area contributed by atoms with Crippen molar-refractivity contribution in [2.45, 2.75) is 46.1 Å². The number of ether oxygens (including phenoxy) is 1. The van der Waals surface area contributed by atoms with Gasteiger partial charge in [-0.3, -0.25) is 4.79 Å². The Labute approximate surface area is 160 Å². The van der Waals surface area contributed by atoms with Crippen LogP contribution in [0.1, 0.15) is 45.8 Å². The van der Waals surface area contributed by atoms with Crippen LogP contribution >= 0.6 is 0 Å². The molecule has 1 N–H and O–H groups in total. The number of β-amino-alcohol motifs (C(OH)–C–C–N with tert-alkyl or cyclic N) is 1. The number of hydrogen-bond donors (Lipinski definition) is 1. The molecular weight excluding hydrogens is 342 g/mol. The molecule has 0 spiro atoms. The first-order valence-corrected chi connectivity index (χ1v) is 9.29. The number of benzene rings is 1. The maximum absolute atomic E-state index is 12.9. The number of carbonyl (C=O) groups excluding carboxylic acids is 1. The summed E-state index contributed by atoms with van der Waals surface area (Å²) < 4.78 is 5.84. The van der Waals surface area contributed by atoms with Crippen molar-refractivity contribution in [2.75, 3.05) is 19.7 Å². The molecule has 3 rings (SSSR count). The molecule has 144 valence electrons. The zero-order valence-electron chi connectivity index (χ0n) is 16.5. The number of rotatable bonds is 4. The lowest BCUT2D eigenvalue weighted by molar-refractivity contribution is -0.0532. The van der Waals surface area contributed by atoms with E-state index in [-0.39, 0.29) is 19.1 Å². The Bertz CT molecular complexity index is 853. The first-order valence-electron chi connectivity index (χ1n) is 9.29. The lowest BCUT2D eigenvalue weighted by Gasteiger charge is -2.39. The summed E-state index contributed by atoms with van der Waals surface area (Å²) >= 11 is 0. The van der Waals surface area contributed by atoms with Crippen LogP contribution in [-0.4, -0.2) is 51.2 Å². The van der Waals surface area contributed by atoms with Gasteiger partial charge in [-0.05, 0) is 63.8 Å². The Balaban J connectivity index is 1.68. The zero-order chi connectivity index (χ0) is 19.6. The normalized spacial score (nSPS) is 19.8. The maximum Gasteiger partial charge on any atom is 0.257 e. The third kappa shape index (κ3) is 4.45. The Kier molecular flexibility index (Phi) is 5.46. The van der Waals surface area contributed by atoms with Gasteiger partial charge in [0, 0.05) is 12.7 Å². The molecule has 1 unspecified atom stereocenters. The first kappa shape index (κ1) is 19.3. The van der Waals surface area contributed by atoms with Gasteiger partial charge in [-0.1, -0.05) is 6.07 Å². The number of amides is 1. The van der Waals surface area contributed by atoms with Crippen molar-refractivity contribution in [2.24, 2.45) is 0 Å². The molecule has 2 heterocycles. The van der Waals surface area contributed by atoms with Gasteiger partial charge in [0.25, 0.3) is 5.91 Å². The highest BCUT2D eigenvalue weighted by Gasteiger charge is 2.36. The van der Waals surface area contributed by atoms with Crippen LogP contribution in [0.3, 0.4) is 0 Å². The van der Waals surface area contributed by atoms with Crippen molar-refractivity contribution in [3.05, 3.63) is 52.6 Å². The maximum atomic E-state index is 12.9. The Morgan fingerprint density at radius 1 is 1.26 bits per heavy atom. The highest BCUT2D eigenvalue weighted by atomic mass is 16.5. The van der Waals surface area contributed by atoms with E-state index in [4.69, 9.17) is 4.74 Å². The van der Waals surface area contributed by atoms with Crippen molar-refractivity contribution in [1.29, 1.82) is 0 Å². The van der Waals surface area contributed by atoms with Crippen LogP contribution in [0.2, 0.25) is 0 Å². The van der Waals surface area contributed by atoms with E-state index in [1.165, 1.54) is 5.56 Å². The van der Waals surface area contributed by atoms with E-state index in [1.807, 2.05) is 32.0 Å². The van der Waals surface area contributed by atoms with E-state index in [0.29, 0.717) is 30.0 Å². The third-order valence-corrected chi connectivity index (χ3v) is 5.16. The van der Waals surface area contributed by atoms with Gasteiger partial charge in [0.1, 0.15) is 23.8 Å². The van der Waals surface area contributed by atoms with Crippen LogP contribution in [0.4, 0.5) is 0 Å². The smallest absolute Gasteiger partial charge is 0.257 e. The molecule has 1 atom stereocenters. The fraction of sp³-hybridized carbons (Fsp3) is 0.476. The van der Waals surface area contributed by atoms with Gasteiger partial charge in [0.2, 0.25) is 0 Å². The van der Waals surface area contributed by atoms with E-state index >= 15 is 0 Å². The van der Waals surface area contributed by atoms with E-state index in [2.05, 4.69) is 9.97 Å². The van der Waals surface area contributed by atoms with Crippen LogP contribution in [-0.2, 0) is 0 Å². The summed E-state index contributed by atoms with van der Waals surface area (Å²) in [6.07, 6.45) is 2.90. The molecule has 1 aromatic heterocycles. The second-order valence-electron chi connectivity index (χ2n) is 7.51. The molecule has 0 saturated carbocycles. The summed E-state index contributed by atoms with van der Waals surface area (Å²) in [4.78, 5) is 23.0. The molecule has 1 aliphatic heterocycles. The topological polar surface area (TPSA) is 75.6 Å². The van der Waals surface area contributed by atoms with Gasteiger partial charge in [0.05, 0.1) is 17.8 Å². The van der Waals surface area contributed by atoms with Crippen molar-refractivity contribution in [1.82, 2.24) is 14.9 Å². The Hall–Kier alpha value is -2.47. The molecule has 6 nitrogen and oxygen atoms in total. The SMILES string of the molecule is Cc1ncc(C(=O)N2CCCC(O)(COc3ccc(C)c(C)c3)C2)c(C)n1. The average Bonchev–Trinajstić information content (AvgIpc) is 2.62. The predicted octanol–water partition coefficient (Wildman–Crippen LogP) is 2.76. The summed E-state index contributed by atoms with van der Waals surface area (Å²) in [5.41, 5.74) is 2.43. The van der Waals surface area contributed by atoms with Gasteiger partial charge in [-0.15, -0.1) is 0 Å². The van der Waals surface area contributed by atoms with E-state index in [1.54, 1.807) is 24.9 Å². The van der Waals surface area contributed by atoms with Gasteiger partial charge < -0.3 is 14.7 Å². The quantitative estimate of drug-likeness (QED) is 0.897. The fourth-order valence-electron chi connectivity index (χ4n) is 3.39. The molecule has 2 aromatic rings. The number of piperidine rings is 1. The molecule has 1 fully saturated rings. The van der Waals surface area contributed by atoms with Crippen molar-refractivity contribution in [3.63, 3.8) is 0 Å². The second kappa shape index (κ2) is 7.64. The number of aromatic nitrogens is 2. The zero-order valence-corrected chi connectivity index (χ0v) is 16.5. The van der Waals surface area contributed by atoms with Crippen molar-refractivity contribution in [3.8, 4) is 5.75 Å². The lowest BCUT2D eigenvalue weighted by atomic mass is 9.93. The van der Waals surface area contributed by atoms with Gasteiger partial charge in [-0.2, -0.15) is 0 Å². The molecule has 0 aliphatic carbocycles. The number of aliphatic hydroxyl groups is 1. The van der Waals surface area contributed by atoms with E-state index < -0.39 is 5.60 Å². The monoisotopic (exact) mass is 369 g/mol. The molecule has 0 bridgehead atoms. The number of nitrogens with zero attached hydrogens (tertiary/aromatic N) is 3. The highest BCUT2D eigenvalue weighted by Crippen LogP contribution is 2.25. The van der Waals surface area contributed by atoms with Crippen LogP contribution < -0.4 is 4.74 Å². The third-order valence-electron chi connectivity index (χ3n) is 5.16. The predicted molar refractivity (Wildman–Crippen MR) is 103 cm³/mol. The standard InChI is InChI=1S/C21H27N3O3/c1-14-6-7-18(10-15(14)2)27-13-21(26)8-5-9-24(12-21)20(25)19-11-22-17(4)23-16(19)3/h6-7,10-11,26H,5,8-9,12-13H2,1-4H3. The number of hydrogen-bond acceptors (Lipinski definition) is 5. The van der Waals surface area contributed by atoms with Crippen molar-refractivity contribution < 1.29 is 14.6 Å². The minimum Gasteiger partial charge on any atom is -0.491 e. The number of aryl methyl sites for hydroxylation is 4. The average molecular weight is 369 g/mol. The summed E-state index contributed by atoms with van der Waals surface area (Å²) in [6.45, 7) is 8.69. The second-order valence-corrected chi connectivity index (χ2v) is 7.51. The van der Waals surface area contributed by atoms with Crippen molar-refractivity contribution >= 4 is 5.91 Å². The van der Waals surface area contributed by atoms with E-state index in [0.717, 1.165) is 17.7 Å². The molecule has 1 aliphatic rings. The molecule has 1 saturated heterocycles. The summed E-state index contributed by atoms with van der Waals surface area (Å²) in [6, 6.07) is 5.88. The van der Waals surface area contributed by atoms with Crippen LogP contribution in [0, 0.1) is 27.7 Å². The summed E-state index contributed by atoms with van der Waals surface area (Å²) in [5.74, 6) is 1.23. The molecule has 1 aromatic carbocycles. The summed E-state index contributed by atoms with van der Waals surface area (Å²) in [7, 11) is 0. The molecule has 0 radical (unpaired) electrons. The Morgan fingerprint density at radius 3 is 2.74 bits per heavy atom. The van der Waals surface area contributed by atoms with Gasteiger partial charge >= 0.3 is 0 Å². The molecular formula is C21H27N3O3. The number of carbonyl (C=O) groups is 1. The molecule has 6 heteroatoms. The minimum absolute atomic E-state index is 0.142. The fourth-order valence-corrected chi connectivity index (χ4v) is 3.39. The van der Waals surface area contributed by atoms with E-state index in [9.17, 15) is 9.90 Å².